The quantitative estimate of drug-likeness (QED) is 0.496. The van der Waals surface area contributed by atoms with E-state index in [0.29, 0.717) is 12.0 Å². The minimum Gasteiger partial charge on any atom is -0.494 e. The first-order valence-corrected chi connectivity index (χ1v) is 9.11. The highest BCUT2D eigenvalue weighted by molar-refractivity contribution is 7.99. The molecule has 0 aliphatic rings. The highest BCUT2D eigenvalue weighted by atomic mass is 32.2. The number of ether oxygens (including phenoxy) is 1. The van der Waals surface area contributed by atoms with Crippen LogP contribution in [0.2, 0.25) is 0 Å². The summed E-state index contributed by atoms with van der Waals surface area (Å²) in [5.41, 5.74) is 1.51. The molecule has 0 radical (unpaired) electrons. The van der Waals surface area contributed by atoms with E-state index in [-0.39, 0.29) is 5.56 Å². The zero-order valence-corrected chi connectivity index (χ0v) is 14.7. The molecule has 0 amide bonds. The molecule has 4 nitrogen and oxygen atoms in total. The lowest BCUT2D eigenvalue weighted by molar-refractivity contribution is 0.340. The lowest BCUT2D eigenvalue weighted by Crippen LogP contribution is -2.21. The topological polar surface area (TPSA) is 44.1 Å². The number of thioether (sulfide) groups is 1. The Kier molecular flexibility index (Phi) is 5.20. The zero-order chi connectivity index (χ0) is 16.9. The smallest absolute Gasteiger partial charge is 0.266 e. The minimum atomic E-state index is -0.0386. The average molecular weight is 340 g/mol. The molecule has 0 N–H and O–H groups in total. The van der Waals surface area contributed by atoms with Gasteiger partial charge in [-0.2, -0.15) is 0 Å². The number of nitrogens with zero attached hydrogens (tertiary/aromatic N) is 2. The summed E-state index contributed by atoms with van der Waals surface area (Å²) in [4.78, 5) is 17.7. The molecule has 0 unspecified atom stereocenters. The zero-order valence-electron chi connectivity index (χ0n) is 13.9. The van der Waals surface area contributed by atoms with Crippen LogP contribution in [0.5, 0.6) is 5.75 Å². The van der Waals surface area contributed by atoms with Gasteiger partial charge in [0, 0.05) is 5.75 Å². The van der Waals surface area contributed by atoms with Gasteiger partial charge in [0.2, 0.25) is 0 Å². The average Bonchev–Trinajstić information content (AvgIpc) is 2.61. The number of hydrogen-bond donors (Lipinski definition) is 0. The van der Waals surface area contributed by atoms with Crippen LogP contribution in [0.15, 0.2) is 58.5 Å². The first-order valence-electron chi connectivity index (χ1n) is 8.12. The third kappa shape index (κ3) is 3.31. The molecule has 0 bridgehead atoms. The molecule has 3 rings (SSSR count). The Bertz CT molecular complexity index is 888. The lowest BCUT2D eigenvalue weighted by Gasteiger charge is -2.13. The third-order valence-corrected chi connectivity index (χ3v) is 4.73. The van der Waals surface area contributed by atoms with Crippen LogP contribution in [0.1, 0.15) is 20.3 Å². The van der Waals surface area contributed by atoms with Gasteiger partial charge >= 0.3 is 0 Å². The van der Waals surface area contributed by atoms with Crippen molar-refractivity contribution in [3.63, 3.8) is 0 Å². The minimum absolute atomic E-state index is 0.0386. The number of fused-ring (bicyclic) bond motifs is 1. The summed E-state index contributed by atoms with van der Waals surface area (Å²) in [6.45, 7) is 4.69. The summed E-state index contributed by atoms with van der Waals surface area (Å²) >= 11 is 1.61. The first kappa shape index (κ1) is 16.6. The van der Waals surface area contributed by atoms with Gasteiger partial charge in [-0.25, -0.2) is 4.98 Å². The fourth-order valence-electron chi connectivity index (χ4n) is 2.49. The molecule has 0 spiro atoms. The van der Waals surface area contributed by atoms with Crippen molar-refractivity contribution in [1.82, 2.24) is 9.55 Å². The predicted octanol–water partition coefficient (Wildman–Crippen LogP) is 4.29. The van der Waals surface area contributed by atoms with Gasteiger partial charge in [-0.1, -0.05) is 30.8 Å². The molecular formula is C19H20N2O2S. The molecule has 0 aliphatic heterocycles. The summed E-state index contributed by atoms with van der Waals surface area (Å²) in [5, 5.41) is 1.36. The van der Waals surface area contributed by atoms with Crippen molar-refractivity contribution in [3.05, 3.63) is 58.9 Å². The van der Waals surface area contributed by atoms with Crippen LogP contribution in [0.4, 0.5) is 0 Å². The van der Waals surface area contributed by atoms with E-state index in [1.165, 1.54) is 0 Å². The van der Waals surface area contributed by atoms with Crippen molar-refractivity contribution < 1.29 is 4.74 Å². The Morgan fingerprint density at radius 3 is 2.54 bits per heavy atom. The van der Waals surface area contributed by atoms with Gasteiger partial charge in [-0.3, -0.25) is 9.36 Å². The van der Waals surface area contributed by atoms with Crippen molar-refractivity contribution >= 4 is 22.7 Å². The van der Waals surface area contributed by atoms with Crippen LogP contribution >= 0.6 is 11.8 Å². The van der Waals surface area contributed by atoms with Crippen LogP contribution in [0.3, 0.4) is 0 Å². The van der Waals surface area contributed by atoms with Gasteiger partial charge in [0.15, 0.2) is 5.16 Å². The van der Waals surface area contributed by atoms with Gasteiger partial charge in [-0.15, -0.1) is 0 Å². The van der Waals surface area contributed by atoms with Gasteiger partial charge < -0.3 is 4.74 Å². The number of para-hydroxylation sites is 1. The maximum atomic E-state index is 13.0. The molecule has 1 aromatic heterocycles. The highest BCUT2D eigenvalue weighted by Gasteiger charge is 2.13. The molecule has 0 saturated carbocycles. The fraction of sp³-hybridized carbons (Fsp3) is 0.263. The number of rotatable bonds is 6. The van der Waals surface area contributed by atoms with Crippen molar-refractivity contribution in [2.75, 3.05) is 12.4 Å². The maximum absolute atomic E-state index is 13.0. The molecule has 24 heavy (non-hydrogen) atoms. The maximum Gasteiger partial charge on any atom is 0.266 e. The number of benzene rings is 2. The van der Waals surface area contributed by atoms with Gasteiger partial charge in [0.05, 0.1) is 23.2 Å². The van der Waals surface area contributed by atoms with Crippen LogP contribution in [0.25, 0.3) is 16.6 Å². The first-order chi connectivity index (χ1) is 11.7. The molecule has 0 atom stereocenters. The van der Waals surface area contributed by atoms with Crippen molar-refractivity contribution in [2.45, 2.75) is 25.4 Å². The van der Waals surface area contributed by atoms with E-state index in [1.807, 2.05) is 55.5 Å². The molecular weight excluding hydrogens is 320 g/mol. The molecule has 1 heterocycles. The summed E-state index contributed by atoms with van der Waals surface area (Å²) in [6, 6.07) is 15.1. The fourth-order valence-corrected chi connectivity index (χ4v) is 3.36. The van der Waals surface area contributed by atoms with Crippen LogP contribution in [0, 0.1) is 0 Å². The molecule has 124 valence electrons. The molecule has 5 heteroatoms. The Morgan fingerprint density at radius 1 is 1.08 bits per heavy atom. The van der Waals surface area contributed by atoms with Crippen LogP contribution in [-0.2, 0) is 0 Å². The lowest BCUT2D eigenvalue weighted by atomic mass is 10.2. The standard InChI is InChI=1S/C19H20N2O2S/c1-3-13-24-19-20-17-8-6-5-7-16(17)18(22)21(19)14-9-11-15(12-10-14)23-4-2/h5-12H,3-4,13H2,1-2H3. The van der Waals surface area contributed by atoms with Crippen LogP contribution < -0.4 is 10.3 Å². The molecule has 2 aromatic carbocycles. The SMILES string of the molecule is CCCSc1nc2ccccc2c(=O)n1-c1ccc(OCC)cc1. The second kappa shape index (κ2) is 7.53. The van der Waals surface area contributed by atoms with Gasteiger partial charge in [-0.05, 0) is 49.7 Å². The van der Waals surface area contributed by atoms with E-state index < -0.39 is 0 Å². The Morgan fingerprint density at radius 2 is 1.83 bits per heavy atom. The van der Waals surface area contributed by atoms with Crippen molar-refractivity contribution in [1.29, 1.82) is 0 Å². The second-order valence-corrected chi connectivity index (χ2v) is 6.39. The number of hydrogen-bond acceptors (Lipinski definition) is 4. The highest BCUT2D eigenvalue weighted by Crippen LogP contribution is 2.23. The molecule has 0 aliphatic carbocycles. The van der Waals surface area contributed by atoms with E-state index in [9.17, 15) is 4.79 Å². The summed E-state index contributed by atoms with van der Waals surface area (Å²) in [7, 11) is 0. The van der Waals surface area contributed by atoms with Crippen molar-refractivity contribution in [3.8, 4) is 11.4 Å². The Balaban J connectivity index is 2.16. The number of aromatic nitrogens is 2. The molecule has 3 aromatic rings. The van der Waals surface area contributed by atoms with Crippen LogP contribution in [-0.4, -0.2) is 21.9 Å². The summed E-state index contributed by atoms with van der Waals surface area (Å²) < 4.78 is 7.18. The van der Waals surface area contributed by atoms with E-state index in [1.54, 1.807) is 16.3 Å². The second-order valence-electron chi connectivity index (χ2n) is 5.33. The van der Waals surface area contributed by atoms with Gasteiger partial charge in [0.25, 0.3) is 5.56 Å². The Hall–Kier alpha value is -2.27. The Labute approximate surface area is 145 Å². The van der Waals surface area contributed by atoms with Crippen molar-refractivity contribution in [2.24, 2.45) is 0 Å². The molecule has 0 fully saturated rings. The third-order valence-electron chi connectivity index (χ3n) is 3.59. The molecule has 0 saturated heterocycles. The monoisotopic (exact) mass is 340 g/mol. The van der Waals surface area contributed by atoms with E-state index >= 15 is 0 Å². The van der Waals surface area contributed by atoms with Gasteiger partial charge in [0.1, 0.15) is 5.75 Å². The normalized spacial score (nSPS) is 10.9. The van der Waals surface area contributed by atoms with E-state index in [4.69, 9.17) is 9.72 Å². The van der Waals surface area contributed by atoms with E-state index in [2.05, 4.69) is 6.92 Å². The summed E-state index contributed by atoms with van der Waals surface area (Å²) in [6.07, 6.45) is 1.02. The van der Waals surface area contributed by atoms with E-state index in [0.717, 1.165) is 34.3 Å². The predicted molar refractivity (Wildman–Crippen MR) is 99.5 cm³/mol. The largest absolute Gasteiger partial charge is 0.494 e. The summed E-state index contributed by atoms with van der Waals surface area (Å²) in [5.74, 6) is 1.72.